The summed E-state index contributed by atoms with van der Waals surface area (Å²) in [6, 6.07) is -0.449. The van der Waals surface area contributed by atoms with E-state index in [4.69, 9.17) is 5.73 Å². The van der Waals surface area contributed by atoms with E-state index in [-0.39, 0.29) is 36.3 Å². The van der Waals surface area contributed by atoms with E-state index in [1.165, 1.54) is 0 Å². The lowest BCUT2D eigenvalue weighted by Gasteiger charge is -2.29. The smallest absolute Gasteiger partial charge is 0.325 e. The molecule has 0 atom stereocenters. The molecule has 2 aliphatic carbocycles. The molecule has 130 valence electrons. The molecule has 3 aliphatic rings. The molecule has 0 unspecified atom stereocenters. The van der Waals surface area contributed by atoms with E-state index < -0.39 is 11.6 Å². The van der Waals surface area contributed by atoms with Crippen molar-refractivity contribution in [2.75, 3.05) is 13.1 Å². The van der Waals surface area contributed by atoms with Gasteiger partial charge in [-0.3, -0.25) is 14.5 Å². The zero-order valence-electron chi connectivity index (χ0n) is 13.2. The van der Waals surface area contributed by atoms with Gasteiger partial charge in [-0.1, -0.05) is 25.7 Å². The molecule has 4 N–H and O–H groups in total. The van der Waals surface area contributed by atoms with Gasteiger partial charge in [-0.25, -0.2) is 4.79 Å². The van der Waals surface area contributed by atoms with Gasteiger partial charge in [-0.15, -0.1) is 12.4 Å². The van der Waals surface area contributed by atoms with E-state index in [1.54, 1.807) is 0 Å². The second kappa shape index (κ2) is 6.65. The van der Waals surface area contributed by atoms with E-state index in [0.717, 1.165) is 43.4 Å². The molecule has 7 nitrogen and oxygen atoms in total. The third-order valence-electron chi connectivity index (χ3n) is 5.36. The van der Waals surface area contributed by atoms with E-state index in [0.29, 0.717) is 19.4 Å². The zero-order valence-corrected chi connectivity index (χ0v) is 14.0. The molecule has 3 fully saturated rings. The van der Waals surface area contributed by atoms with Crippen LogP contribution in [0.15, 0.2) is 0 Å². The van der Waals surface area contributed by atoms with E-state index in [9.17, 15) is 14.4 Å². The summed E-state index contributed by atoms with van der Waals surface area (Å²) in [6.07, 6.45) is 7.02. The Morgan fingerprint density at radius 3 is 2.26 bits per heavy atom. The summed E-state index contributed by atoms with van der Waals surface area (Å²) in [7, 11) is 0. The highest BCUT2D eigenvalue weighted by atomic mass is 35.5. The van der Waals surface area contributed by atoms with E-state index in [2.05, 4.69) is 10.6 Å². The number of nitrogens with one attached hydrogen (secondary N) is 2. The number of imide groups is 1. The van der Waals surface area contributed by atoms with Crippen LogP contribution < -0.4 is 16.4 Å². The van der Waals surface area contributed by atoms with Gasteiger partial charge in [-0.2, -0.15) is 0 Å². The molecule has 1 aliphatic heterocycles. The van der Waals surface area contributed by atoms with Gasteiger partial charge >= 0.3 is 6.03 Å². The van der Waals surface area contributed by atoms with Crippen LogP contribution in [0.4, 0.5) is 4.79 Å². The topological polar surface area (TPSA) is 105 Å². The fraction of sp³-hybridized carbons (Fsp3) is 0.800. The van der Waals surface area contributed by atoms with Gasteiger partial charge in [0.1, 0.15) is 12.1 Å². The van der Waals surface area contributed by atoms with Crippen LogP contribution in [0.5, 0.6) is 0 Å². The Labute approximate surface area is 142 Å². The first-order valence-corrected chi connectivity index (χ1v) is 8.16. The zero-order chi connectivity index (χ0) is 15.8. The Hall–Kier alpha value is -1.34. The maximum atomic E-state index is 12.5. The normalized spacial score (nSPS) is 24.7. The predicted octanol–water partition coefficient (Wildman–Crippen LogP) is 0.660. The van der Waals surface area contributed by atoms with Crippen molar-refractivity contribution in [2.45, 2.75) is 62.4 Å². The largest absolute Gasteiger partial charge is 0.348 e. The van der Waals surface area contributed by atoms with Crippen molar-refractivity contribution in [3.8, 4) is 0 Å². The number of nitrogens with two attached hydrogens (primary N) is 1. The Balaban J connectivity index is 0.00000192. The van der Waals surface area contributed by atoms with Crippen LogP contribution >= 0.6 is 12.4 Å². The van der Waals surface area contributed by atoms with Gasteiger partial charge in [0.05, 0.1) is 5.54 Å². The van der Waals surface area contributed by atoms with Gasteiger partial charge in [0.15, 0.2) is 0 Å². The first kappa shape index (κ1) is 18.0. The minimum atomic E-state index is -0.754. The van der Waals surface area contributed by atoms with Crippen molar-refractivity contribution < 1.29 is 14.4 Å². The Kier molecular flexibility index (Phi) is 5.20. The van der Waals surface area contributed by atoms with Gasteiger partial charge < -0.3 is 16.4 Å². The molecular weight excluding hydrogens is 320 g/mol. The number of urea groups is 1. The highest BCUT2D eigenvalue weighted by Gasteiger charge is 2.52. The molecule has 0 aromatic rings. The molecule has 3 rings (SSSR count). The Bertz CT molecular complexity index is 499. The molecule has 1 spiro atoms. The average molecular weight is 345 g/mol. The summed E-state index contributed by atoms with van der Waals surface area (Å²) in [6.45, 7) is 0.178. The van der Waals surface area contributed by atoms with Gasteiger partial charge in [0.25, 0.3) is 5.91 Å². The molecule has 0 radical (unpaired) electrons. The summed E-state index contributed by atoms with van der Waals surface area (Å²) >= 11 is 0. The second-order valence-electron chi connectivity index (χ2n) is 6.85. The SMILES string of the molecule is Cl.NCC1(NC(=O)CN2C(=O)NC3(CCCC3)C2=O)CCCC1. The summed E-state index contributed by atoms with van der Waals surface area (Å²) < 4.78 is 0. The molecule has 0 aromatic heterocycles. The number of carbonyl (C=O) groups excluding carboxylic acids is 3. The molecule has 1 saturated heterocycles. The minimum absolute atomic E-state index is 0. The lowest BCUT2D eigenvalue weighted by molar-refractivity contribution is -0.135. The maximum Gasteiger partial charge on any atom is 0.325 e. The number of hydrogen-bond acceptors (Lipinski definition) is 4. The van der Waals surface area contributed by atoms with Gasteiger partial charge in [0, 0.05) is 6.54 Å². The number of nitrogens with zero attached hydrogens (tertiary/aromatic N) is 1. The van der Waals surface area contributed by atoms with E-state index >= 15 is 0 Å². The second-order valence-corrected chi connectivity index (χ2v) is 6.85. The summed E-state index contributed by atoms with van der Waals surface area (Å²) in [5.41, 5.74) is 4.69. The van der Waals surface area contributed by atoms with Crippen molar-refractivity contribution in [2.24, 2.45) is 5.73 Å². The number of amides is 4. The van der Waals surface area contributed by atoms with Crippen LogP contribution in [-0.4, -0.2) is 46.9 Å². The summed E-state index contributed by atoms with van der Waals surface area (Å²) in [4.78, 5) is 37.9. The molecular formula is C15H25ClN4O3. The number of hydrogen-bond donors (Lipinski definition) is 3. The average Bonchev–Trinajstić information content (AvgIpc) is 3.18. The summed E-state index contributed by atoms with van der Waals surface area (Å²) in [5, 5.41) is 5.74. The van der Waals surface area contributed by atoms with Crippen LogP contribution in [0.1, 0.15) is 51.4 Å². The number of halogens is 1. The van der Waals surface area contributed by atoms with Crippen molar-refractivity contribution in [1.29, 1.82) is 0 Å². The standard InChI is InChI=1S/C15H24N4O3.ClH/c16-10-14(5-1-2-6-14)17-11(20)9-19-12(21)15(18-13(19)22)7-3-4-8-15;/h1-10,16H2,(H,17,20)(H,18,22);1H. The first-order chi connectivity index (χ1) is 10.5. The minimum Gasteiger partial charge on any atom is -0.348 e. The molecule has 1 heterocycles. The van der Waals surface area contributed by atoms with Crippen LogP contribution in [0.3, 0.4) is 0 Å². The van der Waals surface area contributed by atoms with Crippen molar-refractivity contribution >= 4 is 30.3 Å². The third kappa shape index (κ3) is 3.17. The molecule has 8 heteroatoms. The fourth-order valence-electron chi connectivity index (χ4n) is 4.05. The van der Waals surface area contributed by atoms with Crippen molar-refractivity contribution in [3.05, 3.63) is 0 Å². The van der Waals surface area contributed by atoms with E-state index in [1.807, 2.05) is 0 Å². The maximum absolute atomic E-state index is 12.5. The highest BCUT2D eigenvalue weighted by molar-refractivity contribution is 6.09. The molecule has 0 aromatic carbocycles. The van der Waals surface area contributed by atoms with Crippen LogP contribution in [0, 0.1) is 0 Å². The monoisotopic (exact) mass is 344 g/mol. The molecule has 4 amide bonds. The Morgan fingerprint density at radius 1 is 1.13 bits per heavy atom. The first-order valence-electron chi connectivity index (χ1n) is 8.16. The van der Waals surface area contributed by atoms with Gasteiger partial charge in [0.2, 0.25) is 5.91 Å². The predicted molar refractivity (Wildman–Crippen MR) is 87.1 cm³/mol. The van der Waals surface area contributed by atoms with Crippen LogP contribution in [0.2, 0.25) is 0 Å². The lowest BCUT2D eigenvalue weighted by Crippen LogP contribution is -2.54. The Morgan fingerprint density at radius 2 is 1.70 bits per heavy atom. The third-order valence-corrected chi connectivity index (χ3v) is 5.36. The van der Waals surface area contributed by atoms with Crippen LogP contribution in [-0.2, 0) is 9.59 Å². The lowest BCUT2D eigenvalue weighted by atomic mass is 9.97. The van der Waals surface area contributed by atoms with Crippen molar-refractivity contribution in [1.82, 2.24) is 15.5 Å². The molecule has 23 heavy (non-hydrogen) atoms. The quantitative estimate of drug-likeness (QED) is 0.651. The van der Waals surface area contributed by atoms with Crippen LogP contribution in [0.25, 0.3) is 0 Å². The van der Waals surface area contributed by atoms with Crippen molar-refractivity contribution in [3.63, 3.8) is 0 Å². The fourth-order valence-corrected chi connectivity index (χ4v) is 4.05. The summed E-state index contributed by atoms with van der Waals surface area (Å²) in [5.74, 6) is -0.552. The van der Waals surface area contributed by atoms with Gasteiger partial charge in [-0.05, 0) is 25.7 Å². The molecule has 0 bridgehead atoms. The number of carbonyl (C=O) groups is 3. The molecule has 2 saturated carbocycles. The highest BCUT2D eigenvalue weighted by Crippen LogP contribution is 2.35. The number of rotatable bonds is 4.